The minimum Gasteiger partial charge on any atom is -0.352 e. The first-order valence-corrected chi connectivity index (χ1v) is 17.2. The Morgan fingerprint density at radius 3 is 1.92 bits per heavy atom. The summed E-state index contributed by atoms with van der Waals surface area (Å²) in [6.45, 7) is 7.77. The number of amides is 6. The van der Waals surface area contributed by atoms with E-state index < -0.39 is 36.0 Å². The molecule has 0 unspecified atom stereocenters. The van der Waals surface area contributed by atoms with Crippen molar-refractivity contribution in [3.8, 4) is 0 Å². The van der Waals surface area contributed by atoms with Gasteiger partial charge in [0, 0.05) is 43.8 Å². The van der Waals surface area contributed by atoms with Gasteiger partial charge in [-0.2, -0.15) is 0 Å². The molecule has 2 aromatic rings. The van der Waals surface area contributed by atoms with Gasteiger partial charge in [0.2, 0.25) is 23.6 Å². The lowest BCUT2D eigenvalue weighted by Crippen LogP contribution is -2.55. The topological polar surface area (TPSA) is 180 Å². The standard InChI is InChI=1S/C37H52N6O6/c1-24(2)33(45)41-29(21-26-13-7-5-8-14-26)32(44)23-28(17-11-19-39-37(38)49)34(46)42-30(22-27-15-9-6-10-16-27)36(48)43-20-12-18-31(43)35(47)40-25(3)4/h5-10,13-16,24-25,28-31H,11-12,17-23H2,1-4H3,(H,40,47)(H,41,45)(H,42,46)(H3,38,39,49)/t28-,29+,30+,31+/m1/s1. The van der Waals surface area contributed by atoms with Crippen LogP contribution in [0.15, 0.2) is 60.7 Å². The third-order valence-electron chi connectivity index (χ3n) is 8.53. The molecule has 1 heterocycles. The summed E-state index contributed by atoms with van der Waals surface area (Å²) in [7, 11) is 0. The zero-order valence-corrected chi connectivity index (χ0v) is 29.1. The van der Waals surface area contributed by atoms with Crippen LogP contribution in [0.25, 0.3) is 0 Å². The predicted molar refractivity (Wildman–Crippen MR) is 187 cm³/mol. The van der Waals surface area contributed by atoms with Crippen molar-refractivity contribution in [2.45, 2.75) is 96.8 Å². The lowest BCUT2D eigenvalue weighted by Gasteiger charge is -2.30. The molecule has 49 heavy (non-hydrogen) atoms. The fraction of sp³-hybridized carbons (Fsp3) is 0.514. The first kappa shape index (κ1) is 38.7. The molecule has 2 aromatic carbocycles. The summed E-state index contributed by atoms with van der Waals surface area (Å²) in [5.41, 5.74) is 6.90. The van der Waals surface area contributed by atoms with E-state index in [0.717, 1.165) is 11.1 Å². The maximum absolute atomic E-state index is 14.1. The molecule has 0 spiro atoms. The fourth-order valence-corrected chi connectivity index (χ4v) is 5.93. The van der Waals surface area contributed by atoms with Gasteiger partial charge in [-0.1, -0.05) is 74.5 Å². The van der Waals surface area contributed by atoms with Crippen LogP contribution in [-0.2, 0) is 36.8 Å². The largest absolute Gasteiger partial charge is 0.352 e. The zero-order valence-electron chi connectivity index (χ0n) is 29.1. The van der Waals surface area contributed by atoms with Gasteiger partial charge in [0.1, 0.15) is 12.1 Å². The van der Waals surface area contributed by atoms with E-state index in [-0.39, 0.29) is 67.7 Å². The number of urea groups is 1. The lowest BCUT2D eigenvalue weighted by molar-refractivity contribution is -0.142. The summed E-state index contributed by atoms with van der Waals surface area (Å²) in [6, 6.07) is 15.3. The van der Waals surface area contributed by atoms with Crippen LogP contribution in [0.3, 0.4) is 0 Å². The number of benzene rings is 2. The van der Waals surface area contributed by atoms with Gasteiger partial charge in [0.15, 0.2) is 5.78 Å². The summed E-state index contributed by atoms with van der Waals surface area (Å²) >= 11 is 0. The molecular weight excluding hydrogens is 624 g/mol. The number of hydrogen-bond acceptors (Lipinski definition) is 6. The molecule has 266 valence electrons. The van der Waals surface area contributed by atoms with Crippen molar-refractivity contribution in [3.63, 3.8) is 0 Å². The van der Waals surface area contributed by atoms with Crippen LogP contribution in [0.4, 0.5) is 4.79 Å². The molecular formula is C37H52N6O6. The van der Waals surface area contributed by atoms with Crippen molar-refractivity contribution >= 4 is 35.4 Å². The van der Waals surface area contributed by atoms with Crippen molar-refractivity contribution in [1.29, 1.82) is 0 Å². The van der Waals surface area contributed by atoms with Crippen molar-refractivity contribution in [1.82, 2.24) is 26.2 Å². The Balaban J connectivity index is 1.88. The second kappa shape index (κ2) is 19.3. The van der Waals surface area contributed by atoms with Gasteiger partial charge in [-0.3, -0.25) is 24.0 Å². The maximum Gasteiger partial charge on any atom is 0.312 e. The molecule has 0 bridgehead atoms. The quantitative estimate of drug-likeness (QED) is 0.152. The molecule has 12 heteroatoms. The number of carbonyl (C=O) groups excluding carboxylic acids is 6. The highest BCUT2D eigenvalue weighted by Crippen LogP contribution is 2.22. The minimum atomic E-state index is -0.996. The van der Waals surface area contributed by atoms with Crippen LogP contribution in [0.5, 0.6) is 0 Å². The average Bonchev–Trinajstić information content (AvgIpc) is 3.56. The Morgan fingerprint density at radius 1 is 0.796 bits per heavy atom. The number of Topliss-reactive ketones (excluding diaryl/α,β-unsaturated/α-hetero) is 1. The smallest absolute Gasteiger partial charge is 0.312 e. The molecule has 1 fully saturated rings. The predicted octanol–water partition coefficient (Wildman–Crippen LogP) is 2.64. The van der Waals surface area contributed by atoms with E-state index >= 15 is 0 Å². The normalized spacial score (nSPS) is 16.0. The number of rotatable bonds is 18. The van der Waals surface area contributed by atoms with E-state index in [1.54, 1.807) is 18.7 Å². The monoisotopic (exact) mass is 676 g/mol. The Kier molecular flexibility index (Phi) is 15.2. The van der Waals surface area contributed by atoms with Crippen molar-refractivity contribution in [3.05, 3.63) is 71.8 Å². The molecule has 0 aliphatic carbocycles. The minimum absolute atomic E-state index is 0.0942. The Bertz CT molecular complexity index is 1420. The summed E-state index contributed by atoms with van der Waals surface area (Å²) in [4.78, 5) is 80.7. The van der Waals surface area contributed by atoms with Gasteiger partial charge in [0.05, 0.1) is 6.04 Å². The molecule has 4 atom stereocenters. The molecule has 0 aromatic heterocycles. The van der Waals surface area contributed by atoms with E-state index in [4.69, 9.17) is 5.73 Å². The molecule has 1 saturated heterocycles. The second-order valence-corrected chi connectivity index (χ2v) is 13.3. The highest BCUT2D eigenvalue weighted by Gasteiger charge is 2.39. The first-order chi connectivity index (χ1) is 23.3. The number of hydrogen-bond donors (Lipinski definition) is 5. The number of nitrogens with two attached hydrogens (primary N) is 1. The van der Waals surface area contributed by atoms with Gasteiger partial charge in [-0.15, -0.1) is 0 Å². The summed E-state index contributed by atoms with van der Waals surface area (Å²) in [6.07, 6.45) is 1.97. The highest BCUT2D eigenvalue weighted by molar-refractivity contribution is 5.95. The number of ketones is 1. The van der Waals surface area contributed by atoms with Crippen LogP contribution in [0, 0.1) is 11.8 Å². The second-order valence-electron chi connectivity index (χ2n) is 13.3. The third kappa shape index (κ3) is 12.7. The number of nitrogens with zero attached hydrogens (tertiary/aromatic N) is 1. The zero-order chi connectivity index (χ0) is 35.9. The summed E-state index contributed by atoms with van der Waals surface area (Å²) in [5.74, 6) is -2.94. The Hall–Kier alpha value is -4.74. The van der Waals surface area contributed by atoms with Crippen LogP contribution in [-0.4, -0.2) is 77.6 Å². The van der Waals surface area contributed by atoms with Crippen molar-refractivity contribution in [2.75, 3.05) is 13.1 Å². The number of carbonyl (C=O) groups is 6. The van der Waals surface area contributed by atoms with Crippen LogP contribution in [0.1, 0.15) is 70.9 Å². The number of nitrogens with one attached hydrogen (secondary N) is 4. The Labute approximate surface area is 289 Å². The average molecular weight is 677 g/mol. The van der Waals surface area contributed by atoms with E-state index in [1.807, 2.05) is 74.5 Å². The lowest BCUT2D eigenvalue weighted by atomic mass is 9.90. The number of primary amides is 1. The van der Waals surface area contributed by atoms with Crippen molar-refractivity contribution in [2.24, 2.45) is 17.6 Å². The van der Waals surface area contributed by atoms with Gasteiger partial charge < -0.3 is 31.9 Å². The maximum atomic E-state index is 14.1. The highest BCUT2D eigenvalue weighted by atomic mass is 16.2. The Morgan fingerprint density at radius 2 is 1.37 bits per heavy atom. The van der Waals surface area contributed by atoms with E-state index in [1.165, 1.54) is 0 Å². The molecule has 6 amide bonds. The molecule has 1 aliphatic rings. The van der Waals surface area contributed by atoms with Crippen LogP contribution < -0.4 is 27.0 Å². The van der Waals surface area contributed by atoms with Gasteiger partial charge in [0.25, 0.3) is 0 Å². The molecule has 3 rings (SSSR count). The summed E-state index contributed by atoms with van der Waals surface area (Å²) in [5, 5.41) is 11.2. The number of likely N-dealkylation sites (tertiary alicyclic amines) is 1. The van der Waals surface area contributed by atoms with Gasteiger partial charge in [-0.05, 0) is 57.1 Å². The molecule has 6 N–H and O–H groups in total. The van der Waals surface area contributed by atoms with Crippen molar-refractivity contribution < 1.29 is 28.8 Å². The molecule has 0 radical (unpaired) electrons. The van der Waals surface area contributed by atoms with Crippen LogP contribution in [0.2, 0.25) is 0 Å². The SMILES string of the molecule is CC(C)NC(=O)[C@@H]1CCCN1C(=O)[C@H](Cc1ccccc1)NC(=O)[C@H](CCCNC(N)=O)CC(=O)[C@H](Cc1ccccc1)NC(=O)C(C)C. The van der Waals surface area contributed by atoms with Gasteiger partial charge >= 0.3 is 6.03 Å². The fourth-order valence-electron chi connectivity index (χ4n) is 5.93. The molecule has 0 saturated carbocycles. The third-order valence-corrected chi connectivity index (χ3v) is 8.53. The first-order valence-electron chi connectivity index (χ1n) is 17.2. The van der Waals surface area contributed by atoms with Crippen LogP contribution >= 0.6 is 0 Å². The van der Waals surface area contributed by atoms with E-state index in [9.17, 15) is 28.8 Å². The van der Waals surface area contributed by atoms with Gasteiger partial charge in [-0.25, -0.2) is 4.79 Å². The summed E-state index contributed by atoms with van der Waals surface area (Å²) < 4.78 is 0. The van der Waals surface area contributed by atoms with E-state index in [2.05, 4.69) is 21.3 Å². The molecule has 12 nitrogen and oxygen atoms in total. The van der Waals surface area contributed by atoms with E-state index in [0.29, 0.717) is 25.8 Å². The molecule has 1 aliphatic heterocycles.